The Kier molecular flexibility index (Phi) is 8.35. The van der Waals surface area contributed by atoms with Crippen molar-refractivity contribution in [2.75, 3.05) is 13.7 Å². The summed E-state index contributed by atoms with van der Waals surface area (Å²) in [5.41, 5.74) is 4.68. The van der Waals surface area contributed by atoms with E-state index in [4.69, 9.17) is 10.5 Å². The number of nitrogens with one attached hydrogen (secondary N) is 1. The Morgan fingerprint density at radius 3 is 2.75 bits per heavy atom. The molecule has 0 aromatic carbocycles. The molecule has 0 saturated heterocycles. The van der Waals surface area contributed by atoms with Crippen LogP contribution in [0.5, 0.6) is 0 Å². The van der Waals surface area contributed by atoms with Crippen LogP contribution in [0.15, 0.2) is 10.4 Å². The third kappa shape index (κ3) is 6.70. The van der Waals surface area contributed by atoms with Crippen molar-refractivity contribution in [3.8, 4) is 0 Å². The smallest absolute Gasteiger partial charge is 0.383 e. The van der Waals surface area contributed by atoms with E-state index in [1.54, 1.807) is 7.11 Å². The minimum absolute atomic E-state index is 0. The third-order valence-corrected chi connectivity index (χ3v) is 2.87. The lowest BCUT2D eigenvalue weighted by atomic mass is 10.4. The summed E-state index contributed by atoms with van der Waals surface area (Å²) < 4.78 is 41.8. The van der Waals surface area contributed by atoms with Crippen LogP contribution in [-0.4, -0.2) is 30.7 Å². The van der Waals surface area contributed by atoms with Crippen molar-refractivity contribution >= 4 is 41.3 Å². The van der Waals surface area contributed by atoms with E-state index in [1.807, 2.05) is 6.92 Å². The summed E-state index contributed by atoms with van der Waals surface area (Å²) in [5, 5.41) is 4.07. The first kappa shape index (κ1) is 19.4. The molecule has 116 valence electrons. The molecule has 1 rings (SSSR count). The Balaban J connectivity index is 0.00000361. The van der Waals surface area contributed by atoms with Crippen molar-refractivity contribution in [3.05, 3.63) is 16.1 Å². The molecule has 1 aromatic heterocycles. The molecule has 0 radical (unpaired) electrons. The van der Waals surface area contributed by atoms with Crippen LogP contribution in [0, 0.1) is 0 Å². The van der Waals surface area contributed by atoms with Gasteiger partial charge in [0.25, 0.3) is 0 Å². The molecular formula is C10H16F3IN4OS. The molecule has 0 fully saturated rings. The number of rotatable bonds is 5. The number of hydrogen-bond donors (Lipinski definition) is 2. The number of alkyl halides is 3. The number of methoxy groups -OCH3 is 1. The predicted molar refractivity (Wildman–Crippen MR) is 82.3 cm³/mol. The van der Waals surface area contributed by atoms with Gasteiger partial charge in [0.2, 0.25) is 0 Å². The molecule has 0 aliphatic heterocycles. The molecule has 0 bridgehead atoms. The SMILES string of the molecule is COCC(C)NC(N)=NCc1nc(C(F)(F)F)cs1.I. The second-order valence-corrected chi connectivity index (χ2v) is 4.77. The van der Waals surface area contributed by atoms with Crippen LogP contribution in [0.1, 0.15) is 17.6 Å². The summed E-state index contributed by atoms with van der Waals surface area (Å²) >= 11 is 0.901. The first-order valence-electron chi connectivity index (χ1n) is 5.40. The molecule has 1 aromatic rings. The summed E-state index contributed by atoms with van der Waals surface area (Å²) in [4.78, 5) is 7.37. The van der Waals surface area contributed by atoms with E-state index in [0.29, 0.717) is 6.61 Å². The highest BCUT2D eigenvalue weighted by molar-refractivity contribution is 14.0. The summed E-state index contributed by atoms with van der Waals surface area (Å²) in [6.07, 6.45) is -4.42. The molecule has 0 aliphatic rings. The van der Waals surface area contributed by atoms with Crippen molar-refractivity contribution < 1.29 is 17.9 Å². The Morgan fingerprint density at radius 2 is 2.25 bits per heavy atom. The molecule has 20 heavy (non-hydrogen) atoms. The van der Waals surface area contributed by atoms with Crippen LogP contribution in [0.3, 0.4) is 0 Å². The van der Waals surface area contributed by atoms with Gasteiger partial charge in [-0.15, -0.1) is 35.3 Å². The van der Waals surface area contributed by atoms with Gasteiger partial charge in [0.15, 0.2) is 11.7 Å². The summed E-state index contributed by atoms with van der Waals surface area (Å²) in [6, 6.07) is -0.0317. The number of halogens is 4. The van der Waals surface area contributed by atoms with E-state index < -0.39 is 11.9 Å². The Labute approximate surface area is 135 Å². The normalized spacial score (nSPS) is 13.8. The zero-order chi connectivity index (χ0) is 14.5. The molecule has 0 aliphatic carbocycles. The lowest BCUT2D eigenvalue weighted by Gasteiger charge is -2.12. The summed E-state index contributed by atoms with van der Waals surface area (Å²) in [6.45, 7) is 2.31. The second kappa shape index (κ2) is 8.62. The fraction of sp³-hybridized carbons (Fsp3) is 0.600. The number of nitrogens with two attached hydrogens (primary N) is 1. The summed E-state index contributed by atoms with van der Waals surface area (Å²) in [7, 11) is 1.56. The Bertz CT molecular complexity index is 438. The lowest BCUT2D eigenvalue weighted by molar-refractivity contribution is -0.140. The van der Waals surface area contributed by atoms with Gasteiger partial charge in [-0.2, -0.15) is 13.2 Å². The zero-order valence-corrected chi connectivity index (χ0v) is 14.0. The predicted octanol–water partition coefficient (Wildman–Crippen LogP) is 2.22. The van der Waals surface area contributed by atoms with Gasteiger partial charge in [0.1, 0.15) is 5.01 Å². The van der Waals surface area contributed by atoms with E-state index in [-0.39, 0.29) is 47.5 Å². The van der Waals surface area contributed by atoms with Gasteiger partial charge in [-0.3, -0.25) is 0 Å². The second-order valence-electron chi connectivity index (χ2n) is 3.83. The maximum Gasteiger partial charge on any atom is 0.434 e. The van der Waals surface area contributed by atoms with Crippen LogP contribution in [-0.2, 0) is 17.5 Å². The van der Waals surface area contributed by atoms with E-state index in [2.05, 4.69) is 15.3 Å². The minimum atomic E-state index is -4.42. The molecule has 1 atom stereocenters. The van der Waals surface area contributed by atoms with Crippen LogP contribution in [0.4, 0.5) is 13.2 Å². The van der Waals surface area contributed by atoms with E-state index >= 15 is 0 Å². The highest BCUT2D eigenvalue weighted by atomic mass is 127. The van der Waals surface area contributed by atoms with Crippen LogP contribution < -0.4 is 11.1 Å². The number of guanidine groups is 1. The summed E-state index contributed by atoms with van der Waals surface area (Å²) in [5.74, 6) is 0.147. The van der Waals surface area contributed by atoms with E-state index in [1.165, 1.54) is 0 Å². The number of nitrogens with zero attached hydrogens (tertiary/aromatic N) is 2. The van der Waals surface area contributed by atoms with Crippen molar-refractivity contribution in [1.82, 2.24) is 10.3 Å². The van der Waals surface area contributed by atoms with Crippen LogP contribution >= 0.6 is 35.3 Å². The van der Waals surface area contributed by atoms with Crippen molar-refractivity contribution in [3.63, 3.8) is 0 Å². The molecule has 5 nitrogen and oxygen atoms in total. The largest absolute Gasteiger partial charge is 0.434 e. The minimum Gasteiger partial charge on any atom is -0.383 e. The van der Waals surface area contributed by atoms with Crippen molar-refractivity contribution in [2.24, 2.45) is 10.7 Å². The highest BCUT2D eigenvalue weighted by Crippen LogP contribution is 2.30. The standard InChI is InChI=1S/C10H15F3N4OS.HI/c1-6(4-18-2)16-9(14)15-3-8-17-7(5-19-8)10(11,12)13;/h5-6H,3-4H2,1-2H3,(H3,14,15,16);1H. The maximum absolute atomic E-state index is 12.3. The van der Waals surface area contributed by atoms with Crippen molar-refractivity contribution in [1.29, 1.82) is 0 Å². The molecule has 0 amide bonds. The van der Waals surface area contributed by atoms with Gasteiger partial charge in [-0.05, 0) is 6.92 Å². The molecular weight excluding hydrogens is 408 g/mol. The average Bonchev–Trinajstić information content (AvgIpc) is 2.74. The molecule has 0 spiro atoms. The fourth-order valence-electron chi connectivity index (χ4n) is 1.26. The number of aliphatic imine (C=N–C) groups is 1. The highest BCUT2D eigenvalue weighted by Gasteiger charge is 2.33. The molecule has 0 saturated carbocycles. The Hall–Kier alpha value is -0.620. The quantitative estimate of drug-likeness (QED) is 0.432. The Morgan fingerprint density at radius 1 is 1.60 bits per heavy atom. The maximum atomic E-state index is 12.3. The lowest BCUT2D eigenvalue weighted by Crippen LogP contribution is -2.40. The average molecular weight is 424 g/mol. The van der Waals surface area contributed by atoms with Gasteiger partial charge in [0.05, 0.1) is 13.2 Å². The monoisotopic (exact) mass is 424 g/mol. The molecule has 10 heteroatoms. The van der Waals surface area contributed by atoms with Gasteiger partial charge in [0, 0.05) is 18.5 Å². The molecule has 1 unspecified atom stereocenters. The van der Waals surface area contributed by atoms with Gasteiger partial charge >= 0.3 is 6.18 Å². The first-order chi connectivity index (χ1) is 8.82. The fourth-order valence-corrected chi connectivity index (χ4v) is 1.98. The number of aromatic nitrogens is 1. The zero-order valence-electron chi connectivity index (χ0n) is 10.9. The van der Waals surface area contributed by atoms with Gasteiger partial charge in [-0.1, -0.05) is 0 Å². The van der Waals surface area contributed by atoms with Crippen LogP contribution in [0.2, 0.25) is 0 Å². The van der Waals surface area contributed by atoms with E-state index in [9.17, 15) is 13.2 Å². The van der Waals surface area contributed by atoms with E-state index in [0.717, 1.165) is 16.7 Å². The number of hydrogen-bond acceptors (Lipinski definition) is 4. The van der Waals surface area contributed by atoms with Gasteiger partial charge in [-0.25, -0.2) is 9.98 Å². The number of thiazole rings is 1. The molecule has 3 N–H and O–H groups in total. The first-order valence-corrected chi connectivity index (χ1v) is 6.28. The number of ether oxygens (including phenoxy) is 1. The van der Waals surface area contributed by atoms with Crippen LogP contribution in [0.25, 0.3) is 0 Å². The molecule has 1 heterocycles. The third-order valence-electron chi connectivity index (χ3n) is 2.04. The topological polar surface area (TPSA) is 72.5 Å². The van der Waals surface area contributed by atoms with Crippen molar-refractivity contribution in [2.45, 2.75) is 25.7 Å². The van der Waals surface area contributed by atoms with Gasteiger partial charge < -0.3 is 15.8 Å².